The molecule has 1 aromatic rings. The summed E-state index contributed by atoms with van der Waals surface area (Å²) < 4.78 is 23.0. The smallest absolute Gasteiger partial charge is 0.357 e. The molecule has 0 aliphatic carbocycles. The van der Waals surface area contributed by atoms with Gasteiger partial charge in [-0.2, -0.15) is 4.21 Å². The highest BCUT2D eigenvalue weighted by molar-refractivity contribution is 7.74. The van der Waals surface area contributed by atoms with E-state index in [0.717, 1.165) is 0 Å². The van der Waals surface area contributed by atoms with Gasteiger partial charge in [-0.15, -0.1) is 0 Å². The third-order valence-electron chi connectivity index (χ3n) is 1.15. The Kier molecular flexibility index (Phi) is 2.91. The fourth-order valence-electron chi connectivity index (χ4n) is 0.669. The molecule has 0 heterocycles. The predicted octanol–water partition coefficient (Wildman–Crippen LogP) is 1.44. The minimum atomic E-state index is -2.38. The minimum Gasteiger partial charge on any atom is -0.397 e. The first-order valence-corrected chi connectivity index (χ1v) is 4.35. The summed E-state index contributed by atoms with van der Waals surface area (Å²) in [6.45, 7) is 0. The van der Waals surface area contributed by atoms with Crippen molar-refractivity contribution in [2.45, 2.75) is 0 Å². The van der Waals surface area contributed by atoms with E-state index in [9.17, 15) is 4.21 Å². The van der Waals surface area contributed by atoms with Crippen LogP contribution in [-0.4, -0.2) is 8.76 Å². The molecule has 0 aromatic heterocycles. The maximum Gasteiger partial charge on any atom is 0.357 e. The summed E-state index contributed by atoms with van der Waals surface area (Å²) in [4.78, 5) is 0. The van der Waals surface area contributed by atoms with Crippen molar-refractivity contribution in [3.8, 4) is 5.75 Å². The van der Waals surface area contributed by atoms with Gasteiger partial charge in [0.25, 0.3) is 0 Å². The number of nitrogens with two attached hydrogens (primary N) is 1. The van der Waals surface area contributed by atoms with Crippen molar-refractivity contribution in [3.05, 3.63) is 23.2 Å². The van der Waals surface area contributed by atoms with E-state index in [1.54, 1.807) is 12.1 Å². The highest BCUT2D eigenvalue weighted by Gasteiger charge is 2.06. The van der Waals surface area contributed by atoms with Gasteiger partial charge in [-0.1, -0.05) is 17.7 Å². The van der Waals surface area contributed by atoms with Gasteiger partial charge in [0.05, 0.1) is 5.69 Å². The largest absolute Gasteiger partial charge is 0.397 e. The molecular weight excluding hydrogens is 202 g/mol. The Hall–Kier alpha value is -0.780. The van der Waals surface area contributed by atoms with Gasteiger partial charge in [-0.3, -0.25) is 4.55 Å². The molecule has 0 aliphatic rings. The molecule has 1 rings (SSSR count). The van der Waals surface area contributed by atoms with E-state index in [-0.39, 0.29) is 10.8 Å². The zero-order valence-corrected chi connectivity index (χ0v) is 7.43. The molecule has 1 aromatic carbocycles. The van der Waals surface area contributed by atoms with Crippen LogP contribution in [0, 0.1) is 0 Å². The molecule has 0 amide bonds. The fraction of sp³-hybridized carbons (Fsp3) is 0. The van der Waals surface area contributed by atoms with Crippen molar-refractivity contribution in [1.29, 1.82) is 0 Å². The molecule has 0 radical (unpaired) electrons. The Balaban J connectivity index is 3.00. The second-order valence-corrected chi connectivity index (χ2v) is 2.94. The maximum absolute atomic E-state index is 10.2. The number of nitrogen functional groups attached to an aromatic ring is 1. The van der Waals surface area contributed by atoms with Gasteiger partial charge in [0, 0.05) is 0 Å². The van der Waals surface area contributed by atoms with Crippen molar-refractivity contribution in [3.63, 3.8) is 0 Å². The third-order valence-corrected chi connectivity index (χ3v) is 1.88. The van der Waals surface area contributed by atoms with Crippen LogP contribution in [0.5, 0.6) is 5.75 Å². The first-order valence-electron chi connectivity index (χ1n) is 2.94. The van der Waals surface area contributed by atoms with Crippen LogP contribution >= 0.6 is 11.6 Å². The summed E-state index contributed by atoms with van der Waals surface area (Å²) in [6.07, 6.45) is 0. The van der Waals surface area contributed by atoms with Crippen molar-refractivity contribution in [2.24, 2.45) is 0 Å². The van der Waals surface area contributed by atoms with Crippen LogP contribution in [0.2, 0.25) is 5.02 Å². The standard InChI is InChI=1S/C6H6ClNO3S/c7-6-4(8)2-1-3-5(6)11-12(9)10/h1-3H,8H2,(H,9,10). The molecular formula is C6H6ClNO3S. The lowest BCUT2D eigenvalue weighted by molar-refractivity contribution is 0.458. The second-order valence-electron chi connectivity index (χ2n) is 1.96. The predicted molar refractivity (Wildman–Crippen MR) is 47.3 cm³/mol. The van der Waals surface area contributed by atoms with E-state index < -0.39 is 11.4 Å². The Morgan fingerprint density at radius 1 is 1.58 bits per heavy atom. The Morgan fingerprint density at radius 3 is 2.83 bits per heavy atom. The van der Waals surface area contributed by atoms with Gasteiger partial charge in [-0.25, -0.2) is 0 Å². The Labute approximate surface area is 76.8 Å². The number of benzene rings is 1. The van der Waals surface area contributed by atoms with Crippen LogP contribution in [0.1, 0.15) is 0 Å². The van der Waals surface area contributed by atoms with Crippen molar-refractivity contribution in [1.82, 2.24) is 0 Å². The molecule has 1 unspecified atom stereocenters. The van der Waals surface area contributed by atoms with Gasteiger partial charge >= 0.3 is 11.4 Å². The third kappa shape index (κ3) is 2.10. The lowest BCUT2D eigenvalue weighted by Crippen LogP contribution is -1.99. The molecule has 6 heteroatoms. The molecule has 0 saturated heterocycles. The molecule has 0 spiro atoms. The number of hydrogen-bond acceptors (Lipinski definition) is 3. The molecule has 1 atom stereocenters. The van der Waals surface area contributed by atoms with E-state index in [4.69, 9.17) is 21.9 Å². The zero-order valence-electron chi connectivity index (χ0n) is 5.86. The molecule has 3 N–H and O–H groups in total. The van der Waals surface area contributed by atoms with E-state index >= 15 is 0 Å². The summed E-state index contributed by atoms with van der Waals surface area (Å²) in [5.41, 5.74) is 5.71. The highest BCUT2D eigenvalue weighted by Crippen LogP contribution is 2.29. The summed E-state index contributed by atoms with van der Waals surface area (Å²) in [5.74, 6) is 0.0949. The van der Waals surface area contributed by atoms with Crippen LogP contribution in [0.3, 0.4) is 0 Å². The van der Waals surface area contributed by atoms with E-state index in [1.165, 1.54) is 6.07 Å². The summed E-state index contributed by atoms with van der Waals surface area (Å²) in [7, 11) is 0. The maximum atomic E-state index is 10.2. The van der Waals surface area contributed by atoms with Gasteiger partial charge in [0.15, 0.2) is 5.75 Å². The SMILES string of the molecule is Nc1cccc(OS(=O)O)c1Cl. The van der Waals surface area contributed by atoms with E-state index in [1.807, 2.05) is 0 Å². The van der Waals surface area contributed by atoms with Gasteiger partial charge < -0.3 is 9.92 Å². The lowest BCUT2D eigenvalue weighted by atomic mass is 10.3. The molecule has 66 valence electrons. The molecule has 4 nitrogen and oxygen atoms in total. The number of halogens is 1. The molecule has 12 heavy (non-hydrogen) atoms. The zero-order chi connectivity index (χ0) is 9.14. The average molecular weight is 208 g/mol. The fourth-order valence-corrected chi connectivity index (χ4v) is 1.17. The molecule has 0 aliphatic heterocycles. The first kappa shape index (κ1) is 9.31. The van der Waals surface area contributed by atoms with Crippen LogP contribution < -0.4 is 9.92 Å². The molecule has 0 fully saturated rings. The normalized spacial score (nSPS) is 12.5. The quantitative estimate of drug-likeness (QED) is 0.569. The van der Waals surface area contributed by atoms with Crippen molar-refractivity contribution >= 4 is 28.6 Å². The number of rotatable bonds is 2. The van der Waals surface area contributed by atoms with Crippen LogP contribution in [-0.2, 0) is 11.4 Å². The highest BCUT2D eigenvalue weighted by atomic mass is 35.5. The van der Waals surface area contributed by atoms with Gasteiger partial charge in [-0.05, 0) is 12.1 Å². The van der Waals surface area contributed by atoms with Crippen molar-refractivity contribution in [2.75, 3.05) is 5.73 Å². The van der Waals surface area contributed by atoms with Gasteiger partial charge in [0.2, 0.25) is 0 Å². The summed E-state index contributed by atoms with van der Waals surface area (Å²) in [6, 6.07) is 4.59. The number of anilines is 1. The monoisotopic (exact) mass is 207 g/mol. The summed E-state index contributed by atoms with van der Waals surface area (Å²) in [5, 5.41) is 0.139. The Bertz CT molecular complexity index is 318. The molecule has 0 bridgehead atoms. The first-order chi connectivity index (χ1) is 5.61. The topological polar surface area (TPSA) is 72.5 Å². The minimum absolute atomic E-state index is 0.0949. The van der Waals surface area contributed by atoms with Gasteiger partial charge in [0.1, 0.15) is 5.02 Å². The number of hydrogen-bond donors (Lipinski definition) is 2. The van der Waals surface area contributed by atoms with Crippen LogP contribution in [0.15, 0.2) is 18.2 Å². The van der Waals surface area contributed by atoms with E-state index in [2.05, 4.69) is 4.18 Å². The average Bonchev–Trinajstić information content (AvgIpc) is 1.98. The van der Waals surface area contributed by atoms with Crippen LogP contribution in [0.25, 0.3) is 0 Å². The summed E-state index contributed by atoms with van der Waals surface area (Å²) >= 11 is 3.27. The van der Waals surface area contributed by atoms with Crippen LogP contribution in [0.4, 0.5) is 5.69 Å². The Morgan fingerprint density at radius 2 is 2.25 bits per heavy atom. The van der Waals surface area contributed by atoms with Crippen molar-refractivity contribution < 1.29 is 12.9 Å². The second kappa shape index (κ2) is 3.75. The lowest BCUT2D eigenvalue weighted by Gasteiger charge is -2.03. The van der Waals surface area contributed by atoms with E-state index in [0.29, 0.717) is 5.69 Å². The molecule has 0 saturated carbocycles.